The van der Waals surface area contributed by atoms with Gasteiger partial charge in [0.25, 0.3) is 0 Å². The summed E-state index contributed by atoms with van der Waals surface area (Å²) in [7, 11) is 0. The van der Waals surface area contributed by atoms with E-state index < -0.39 is 18.9 Å². The van der Waals surface area contributed by atoms with Crippen molar-refractivity contribution < 1.29 is 22.3 Å². The summed E-state index contributed by atoms with van der Waals surface area (Å²) in [6.07, 6.45) is -3.66. The minimum atomic E-state index is -4.00. The molecule has 1 aromatic rings. The molecule has 0 spiro atoms. The highest BCUT2D eigenvalue weighted by Crippen LogP contribution is 2.21. The van der Waals surface area contributed by atoms with Crippen LogP contribution in [-0.4, -0.2) is 32.0 Å². The topological polar surface area (TPSA) is 21.3 Å². The summed E-state index contributed by atoms with van der Waals surface area (Å²) < 4.78 is 54.7. The van der Waals surface area contributed by atoms with Gasteiger partial charge in [-0.3, -0.25) is 0 Å². The molecule has 0 saturated heterocycles. The number of rotatable bonds is 7. The summed E-state index contributed by atoms with van der Waals surface area (Å²) in [6, 6.07) is 6.96. The second kappa shape index (κ2) is 6.94. The lowest BCUT2D eigenvalue weighted by molar-refractivity contribution is -0.125. The first kappa shape index (κ1) is 15.2. The van der Waals surface area contributed by atoms with Crippen LogP contribution < -0.4 is 10.1 Å². The lowest BCUT2D eigenvalue weighted by Crippen LogP contribution is -2.40. The van der Waals surface area contributed by atoms with E-state index in [1.807, 2.05) is 0 Å². The molecule has 1 N–H and O–H groups in total. The van der Waals surface area contributed by atoms with E-state index in [1.54, 1.807) is 24.3 Å². The Morgan fingerprint density at radius 2 is 1.83 bits per heavy atom. The Morgan fingerprint density at radius 1 is 1.22 bits per heavy atom. The number of hydrogen-bond donors (Lipinski definition) is 1. The second-order valence-electron chi connectivity index (χ2n) is 3.54. The van der Waals surface area contributed by atoms with E-state index in [4.69, 9.17) is 4.74 Å². The van der Waals surface area contributed by atoms with Gasteiger partial charge in [-0.25, -0.2) is 8.78 Å². The van der Waals surface area contributed by atoms with Gasteiger partial charge in [0.1, 0.15) is 12.4 Å². The minimum absolute atomic E-state index is 0.0678. The van der Waals surface area contributed by atoms with E-state index in [2.05, 4.69) is 21.2 Å². The molecular weight excluding hydrogens is 318 g/mol. The predicted molar refractivity (Wildman–Crippen MR) is 63.5 cm³/mol. The van der Waals surface area contributed by atoms with Crippen LogP contribution in [0.3, 0.4) is 0 Å². The highest BCUT2D eigenvalue weighted by Gasteiger charge is 2.39. The Balaban J connectivity index is 2.18. The molecule has 0 heterocycles. The minimum Gasteiger partial charge on any atom is -0.492 e. The van der Waals surface area contributed by atoms with Crippen LogP contribution in [0.2, 0.25) is 0 Å². The quantitative estimate of drug-likeness (QED) is 0.612. The van der Waals surface area contributed by atoms with Crippen LogP contribution >= 0.6 is 15.9 Å². The van der Waals surface area contributed by atoms with E-state index in [-0.39, 0.29) is 13.2 Å². The smallest absolute Gasteiger partial charge is 0.319 e. The first-order chi connectivity index (χ1) is 8.42. The maximum absolute atomic E-state index is 12.5. The van der Waals surface area contributed by atoms with Crippen LogP contribution in [0.1, 0.15) is 0 Å². The van der Waals surface area contributed by atoms with Crippen molar-refractivity contribution in [2.45, 2.75) is 12.3 Å². The van der Waals surface area contributed by atoms with E-state index in [0.717, 1.165) is 4.47 Å². The van der Waals surface area contributed by atoms with Crippen LogP contribution in [0, 0.1) is 0 Å². The molecule has 18 heavy (non-hydrogen) atoms. The summed E-state index contributed by atoms with van der Waals surface area (Å²) >= 11 is 3.25. The average Bonchev–Trinajstić information content (AvgIpc) is 2.31. The van der Waals surface area contributed by atoms with Gasteiger partial charge in [-0.15, -0.1) is 0 Å². The fourth-order valence-electron chi connectivity index (χ4n) is 1.10. The largest absolute Gasteiger partial charge is 0.492 e. The molecule has 0 atom stereocenters. The Morgan fingerprint density at radius 3 is 2.39 bits per heavy atom. The molecule has 0 aliphatic carbocycles. The highest BCUT2D eigenvalue weighted by atomic mass is 79.9. The Bertz CT molecular complexity index is 359. The van der Waals surface area contributed by atoms with Crippen molar-refractivity contribution in [1.82, 2.24) is 5.32 Å². The van der Waals surface area contributed by atoms with Crippen molar-refractivity contribution in [3.63, 3.8) is 0 Å². The van der Waals surface area contributed by atoms with E-state index in [1.165, 1.54) is 0 Å². The van der Waals surface area contributed by atoms with Crippen molar-refractivity contribution in [1.29, 1.82) is 0 Å². The zero-order chi connectivity index (χ0) is 13.6. The molecule has 0 radical (unpaired) electrons. The fraction of sp³-hybridized carbons (Fsp3) is 0.455. The maximum atomic E-state index is 12.5. The van der Waals surface area contributed by atoms with Crippen molar-refractivity contribution >= 4 is 15.9 Å². The standard InChI is InChI=1S/C11H12BrF4NO/c12-8-1-3-9(4-2-8)18-6-5-17-7-11(15,16)10(13)14/h1-4,10,17H,5-7H2. The summed E-state index contributed by atoms with van der Waals surface area (Å²) in [5.41, 5.74) is 0. The summed E-state index contributed by atoms with van der Waals surface area (Å²) in [5.74, 6) is -3.42. The van der Waals surface area contributed by atoms with Crippen molar-refractivity contribution in [3.8, 4) is 5.75 Å². The number of benzene rings is 1. The summed E-state index contributed by atoms with van der Waals surface area (Å²) in [5, 5.41) is 2.22. The molecule has 1 aromatic carbocycles. The highest BCUT2D eigenvalue weighted by molar-refractivity contribution is 9.10. The van der Waals surface area contributed by atoms with Crippen LogP contribution in [0.15, 0.2) is 28.7 Å². The molecule has 2 nitrogen and oxygen atoms in total. The van der Waals surface area contributed by atoms with Gasteiger partial charge < -0.3 is 10.1 Å². The molecule has 0 aromatic heterocycles. The predicted octanol–water partition coefficient (Wildman–Crippen LogP) is 3.32. The van der Waals surface area contributed by atoms with E-state index in [0.29, 0.717) is 5.75 Å². The third kappa shape index (κ3) is 5.22. The Labute approximate surface area is 110 Å². The second-order valence-corrected chi connectivity index (χ2v) is 4.46. The number of hydrogen-bond acceptors (Lipinski definition) is 2. The molecule has 102 valence electrons. The van der Waals surface area contributed by atoms with Gasteiger partial charge in [-0.05, 0) is 24.3 Å². The van der Waals surface area contributed by atoms with Crippen molar-refractivity contribution in [2.75, 3.05) is 19.7 Å². The summed E-state index contributed by atoms with van der Waals surface area (Å²) in [6.45, 7) is -0.867. The van der Waals surface area contributed by atoms with Crippen molar-refractivity contribution in [2.24, 2.45) is 0 Å². The molecule has 0 unspecified atom stereocenters. The SMILES string of the molecule is FC(F)C(F)(F)CNCCOc1ccc(Br)cc1. The lowest BCUT2D eigenvalue weighted by Gasteiger charge is -2.15. The third-order valence-electron chi connectivity index (χ3n) is 2.04. The molecule has 0 aliphatic heterocycles. The van der Waals surface area contributed by atoms with Crippen molar-refractivity contribution in [3.05, 3.63) is 28.7 Å². The van der Waals surface area contributed by atoms with Gasteiger partial charge in [-0.1, -0.05) is 15.9 Å². The molecule has 7 heteroatoms. The monoisotopic (exact) mass is 329 g/mol. The van der Waals surface area contributed by atoms with Crippen LogP contribution in [0.5, 0.6) is 5.75 Å². The van der Waals surface area contributed by atoms with Gasteiger partial charge in [0.05, 0.1) is 6.54 Å². The average molecular weight is 330 g/mol. The lowest BCUT2D eigenvalue weighted by atomic mass is 10.3. The first-order valence-corrected chi connectivity index (χ1v) is 5.96. The maximum Gasteiger partial charge on any atom is 0.319 e. The van der Waals surface area contributed by atoms with E-state index in [9.17, 15) is 17.6 Å². The molecular formula is C11H12BrF4NO. The molecule has 0 saturated carbocycles. The van der Waals surface area contributed by atoms with Gasteiger partial charge in [0, 0.05) is 11.0 Å². The zero-order valence-electron chi connectivity index (χ0n) is 9.31. The molecule has 0 aliphatic rings. The Hall–Kier alpha value is -0.820. The van der Waals surface area contributed by atoms with Gasteiger partial charge >= 0.3 is 12.3 Å². The zero-order valence-corrected chi connectivity index (χ0v) is 10.9. The third-order valence-corrected chi connectivity index (χ3v) is 2.57. The molecule has 0 bridgehead atoms. The van der Waals surface area contributed by atoms with Crippen LogP contribution in [0.25, 0.3) is 0 Å². The van der Waals surface area contributed by atoms with E-state index >= 15 is 0 Å². The van der Waals surface area contributed by atoms with Gasteiger partial charge in [-0.2, -0.15) is 8.78 Å². The number of ether oxygens (including phenoxy) is 1. The number of halogens is 5. The number of alkyl halides is 4. The Kier molecular flexibility index (Phi) is 5.87. The van der Waals surface area contributed by atoms with Gasteiger partial charge in [0.2, 0.25) is 0 Å². The first-order valence-electron chi connectivity index (χ1n) is 5.17. The fourth-order valence-corrected chi connectivity index (χ4v) is 1.37. The van der Waals surface area contributed by atoms with Crippen LogP contribution in [0.4, 0.5) is 17.6 Å². The summed E-state index contributed by atoms with van der Waals surface area (Å²) in [4.78, 5) is 0. The number of nitrogens with one attached hydrogen (secondary N) is 1. The normalized spacial score (nSPS) is 11.9. The molecule has 0 fully saturated rings. The molecule has 1 rings (SSSR count). The van der Waals surface area contributed by atoms with Crippen LogP contribution in [-0.2, 0) is 0 Å². The van der Waals surface area contributed by atoms with Gasteiger partial charge in [0.15, 0.2) is 0 Å². The molecule has 0 amide bonds.